The minimum Gasteiger partial charge on any atom is -0.237 e. The Balaban J connectivity index is 1.83. The molecule has 1 nitrogen and oxygen atoms in total. The van der Waals surface area contributed by atoms with Crippen LogP contribution in [-0.4, -0.2) is 4.98 Å². The Hall–Kier alpha value is -2.26. The zero-order valence-corrected chi connectivity index (χ0v) is 13.3. The monoisotopic (exact) mass is 309 g/mol. The summed E-state index contributed by atoms with van der Waals surface area (Å²) in [4.78, 5) is 4.59. The molecule has 0 spiro atoms. The standard InChI is InChI=1S/C19H16FNS/c1-13-3-4-14(2)16(11-13)7-10-19-21-18(12-22-19)15-5-8-17(20)9-6-15/h3-12H,1-2H3. The van der Waals surface area contributed by atoms with Gasteiger partial charge in [0.15, 0.2) is 0 Å². The van der Waals surface area contributed by atoms with Gasteiger partial charge in [0, 0.05) is 10.9 Å². The zero-order chi connectivity index (χ0) is 15.5. The molecule has 0 saturated carbocycles. The predicted molar refractivity (Wildman–Crippen MR) is 92.4 cm³/mol. The Morgan fingerprint density at radius 3 is 2.55 bits per heavy atom. The van der Waals surface area contributed by atoms with E-state index in [9.17, 15) is 4.39 Å². The molecule has 3 aromatic rings. The van der Waals surface area contributed by atoms with Crippen molar-refractivity contribution >= 4 is 23.5 Å². The largest absolute Gasteiger partial charge is 0.237 e. The van der Waals surface area contributed by atoms with E-state index in [0.717, 1.165) is 16.3 Å². The van der Waals surface area contributed by atoms with Crippen LogP contribution in [0.1, 0.15) is 21.7 Å². The molecule has 1 heterocycles. The van der Waals surface area contributed by atoms with Crippen molar-refractivity contribution in [3.8, 4) is 11.3 Å². The maximum atomic E-state index is 13.0. The first-order valence-electron chi connectivity index (χ1n) is 7.08. The summed E-state index contributed by atoms with van der Waals surface area (Å²) < 4.78 is 13.0. The summed E-state index contributed by atoms with van der Waals surface area (Å²) >= 11 is 1.59. The number of thiazole rings is 1. The first kappa shape index (κ1) is 14.7. The number of benzene rings is 2. The van der Waals surface area contributed by atoms with Crippen LogP contribution in [0.25, 0.3) is 23.4 Å². The van der Waals surface area contributed by atoms with Gasteiger partial charge in [-0.3, -0.25) is 0 Å². The van der Waals surface area contributed by atoms with Gasteiger partial charge in [-0.2, -0.15) is 0 Å². The number of hydrogen-bond acceptors (Lipinski definition) is 2. The van der Waals surface area contributed by atoms with Crippen LogP contribution in [-0.2, 0) is 0 Å². The van der Waals surface area contributed by atoms with Crippen LogP contribution in [0.4, 0.5) is 4.39 Å². The van der Waals surface area contributed by atoms with Gasteiger partial charge in [-0.25, -0.2) is 9.37 Å². The third-order valence-corrected chi connectivity index (χ3v) is 4.31. The summed E-state index contributed by atoms with van der Waals surface area (Å²) in [6.07, 6.45) is 4.12. The summed E-state index contributed by atoms with van der Waals surface area (Å²) in [5.74, 6) is -0.228. The lowest BCUT2D eigenvalue weighted by Crippen LogP contribution is -1.82. The molecule has 22 heavy (non-hydrogen) atoms. The van der Waals surface area contributed by atoms with E-state index in [0.29, 0.717) is 0 Å². The third-order valence-electron chi connectivity index (χ3n) is 3.50. The second-order valence-corrected chi connectivity index (χ2v) is 6.16. The summed E-state index contributed by atoms with van der Waals surface area (Å²) in [6.45, 7) is 4.19. The number of aromatic nitrogens is 1. The molecule has 0 saturated heterocycles. The Labute approximate surface area is 133 Å². The van der Waals surface area contributed by atoms with Crippen LogP contribution in [0.2, 0.25) is 0 Å². The number of hydrogen-bond donors (Lipinski definition) is 0. The van der Waals surface area contributed by atoms with Crippen molar-refractivity contribution in [2.45, 2.75) is 13.8 Å². The van der Waals surface area contributed by atoms with Crippen LogP contribution in [0.15, 0.2) is 47.8 Å². The van der Waals surface area contributed by atoms with Crippen molar-refractivity contribution in [1.29, 1.82) is 0 Å². The van der Waals surface area contributed by atoms with E-state index >= 15 is 0 Å². The van der Waals surface area contributed by atoms with Gasteiger partial charge in [-0.05, 0) is 55.3 Å². The Kier molecular flexibility index (Phi) is 4.16. The van der Waals surface area contributed by atoms with Gasteiger partial charge in [0.25, 0.3) is 0 Å². The van der Waals surface area contributed by atoms with E-state index < -0.39 is 0 Å². The lowest BCUT2D eigenvalue weighted by atomic mass is 10.1. The van der Waals surface area contributed by atoms with Crippen molar-refractivity contribution in [2.75, 3.05) is 0 Å². The van der Waals surface area contributed by atoms with Gasteiger partial charge in [-0.15, -0.1) is 11.3 Å². The van der Waals surface area contributed by atoms with Gasteiger partial charge >= 0.3 is 0 Å². The third kappa shape index (κ3) is 3.31. The number of rotatable bonds is 3. The molecular weight excluding hydrogens is 293 g/mol. The van der Waals surface area contributed by atoms with Crippen molar-refractivity contribution < 1.29 is 4.39 Å². The smallest absolute Gasteiger partial charge is 0.123 e. The molecule has 0 N–H and O–H groups in total. The molecule has 2 aromatic carbocycles. The quantitative estimate of drug-likeness (QED) is 0.601. The first-order chi connectivity index (χ1) is 10.6. The second-order valence-electron chi connectivity index (χ2n) is 5.27. The molecule has 0 aliphatic carbocycles. The Morgan fingerprint density at radius 2 is 1.77 bits per heavy atom. The summed E-state index contributed by atoms with van der Waals surface area (Å²) in [5, 5.41) is 2.94. The Bertz CT molecular complexity index is 816. The Morgan fingerprint density at radius 1 is 1.00 bits per heavy atom. The van der Waals surface area contributed by atoms with E-state index in [2.05, 4.69) is 43.1 Å². The van der Waals surface area contributed by atoms with Crippen LogP contribution in [0.3, 0.4) is 0 Å². The molecule has 3 heteroatoms. The maximum absolute atomic E-state index is 13.0. The molecule has 0 aliphatic rings. The minimum absolute atomic E-state index is 0.228. The fraction of sp³-hybridized carbons (Fsp3) is 0.105. The van der Waals surface area contributed by atoms with Gasteiger partial charge < -0.3 is 0 Å². The van der Waals surface area contributed by atoms with Crippen molar-refractivity contribution in [2.24, 2.45) is 0 Å². The fourth-order valence-corrected chi connectivity index (χ4v) is 2.94. The molecule has 0 unspecified atom stereocenters. The van der Waals surface area contributed by atoms with E-state index in [1.165, 1.54) is 28.8 Å². The predicted octanol–water partition coefficient (Wildman–Crippen LogP) is 5.74. The zero-order valence-electron chi connectivity index (χ0n) is 12.5. The van der Waals surface area contributed by atoms with Crippen molar-refractivity contribution in [1.82, 2.24) is 4.98 Å². The van der Waals surface area contributed by atoms with Gasteiger partial charge in [0.1, 0.15) is 10.8 Å². The lowest BCUT2D eigenvalue weighted by molar-refractivity contribution is 0.628. The number of nitrogens with zero attached hydrogens (tertiary/aromatic N) is 1. The molecule has 0 fully saturated rings. The highest BCUT2D eigenvalue weighted by molar-refractivity contribution is 7.10. The van der Waals surface area contributed by atoms with E-state index in [-0.39, 0.29) is 5.82 Å². The van der Waals surface area contributed by atoms with E-state index in [1.807, 2.05) is 11.5 Å². The van der Waals surface area contributed by atoms with Crippen LogP contribution in [0.5, 0.6) is 0 Å². The number of halogens is 1. The lowest BCUT2D eigenvalue weighted by Gasteiger charge is -2.01. The highest BCUT2D eigenvalue weighted by Crippen LogP contribution is 2.23. The fourth-order valence-electron chi connectivity index (χ4n) is 2.22. The molecule has 0 bridgehead atoms. The molecule has 3 rings (SSSR count). The average Bonchev–Trinajstić information content (AvgIpc) is 2.98. The average molecular weight is 309 g/mol. The molecule has 0 amide bonds. The molecule has 1 aromatic heterocycles. The minimum atomic E-state index is -0.228. The molecule has 0 aliphatic heterocycles. The summed E-state index contributed by atoms with van der Waals surface area (Å²) in [7, 11) is 0. The van der Waals surface area contributed by atoms with Crippen LogP contribution >= 0.6 is 11.3 Å². The number of aryl methyl sites for hydroxylation is 2. The highest BCUT2D eigenvalue weighted by Gasteiger charge is 2.03. The molecular formula is C19H16FNS. The van der Waals surface area contributed by atoms with E-state index in [1.54, 1.807) is 23.5 Å². The molecule has 0 radical (unpaired) electrons. The van der Waals surface area contributed by atoms with Crippen molar-refractivity contribution in [3.05, 3.63) is 75.4 Å². The topological polar surface area (TPSA) is 12.9 Å². The van der Waals surface area contributed by atoms with Crippen LogP contribution < -0.4 is 0 Å². The van der Waals surface area contributed by atoms with Gasteiger partial charge in [0.2, 0.25) is 0 Å². The summed E-state index contributed by atoms with van der Waals surface area (Å²) in [6, 6.07) is 12.8. The van der Waals surface area contributed by atoms with Crippen LogP contribution in [0, 0.1) is 19.7 Å². The van der Waals surface area contributed by atoms with Crippen molar-refractivity contribution in [3.63, 3.8) is 0 Å². The SMILES string of the molecule is Cc1ccc(C)c(C=Cc2nc(-c3ccc(F)cc3)cs2)c1. The highest BCUT2D eigenvalue weighted by atomic mass is 32.1. The molecule has 0 atom stereocenters. The molecule has 110 valence electrons. The maximum Gasteiger partial charge on any atom is 0.123 e. The second kappa shape index (κ2) is 6.24. The normalized spacial score (nSPS) is 11.2. The summed E-state index contributed by atoms with van der Waals surface area (Å²) in [5.41, 5.74) is 5.52. The van der Waals surface area contributed by atoms with Gasteiger partial charge in [0.05, 0.1) is 5.69 Å². The first-order valence-corrected chi connectivity index (χ1v) is 7.96. The van der Waals surface area contributed by atoms with E-state index in [4.69, 9.17) is 0 Å². The van der Waals surface area contributed by atoms with Gasteiger partial charge in [-0.1, -0.05) is 29.8 Å².